The number of nitrogens with zero attached hydrogens (tertiary/aromatic N) is 1. The Kier molecular flexibility index (Phi) is 2.92. The predicted octanol–water partition coefficient (Wildman–Crippen LogP) is 1.89. The van der Waals surface area contributed by atoms with Crippen molar-refractivity contribution in [2.75, 3.05) is 7.11 Å². The van der Waals surface area contributed by atoms with E-state index in [1.165, 1.54) is 0 Å². The molecule has 0 spiro atoms. The molecule has 4 nitrogen and oxygen atoms in total. The monoisotopic (exact) mass is 218 g/mol. The second-order valence-electron chi connectivity index (χ2n) is 3.53. The molecule has 0 fully saturated rings. The Morgan fingerprint density at radius 1 is 1.38 bits per heavy atom. The van der Waals surface area contributed by atoms with Gasteiger partial charge in [0.1, 0.15) is 11.4 Å². The largest absolute Gasteiger partial charge is 0.496 e. The van der Waals surface area contributed by atoms with Gasteiger partial charge in [0.2, 0.25) is 0 Å². The number of nitrogens with one attached hydrogen (secondary N) is 1. The maximum absolute atomic E-state index is 9.31. The summed E-state index contributed by atoms with van der Waals surface area (Å²) in [5, 5.41) is 16.4. The van der Waals surface area contributed by atoms with Gasteiger partial charge in [0.25, 0.3) is 0 Å². The minimum atomic E-state index is -0.0320. The molecule has 2 N–H and O–H groups in total. The molecule has 0 unspecified atom stereocenters. The van der Waals surface area contributed by atoms with E-state index >= 15 is 0 Å². The molecule has 0 aliphatic rings. The average Bonchev–Trinajstić information content (AvgIpc) is 2.70. The number of aliphatic hydroxyl groups is 1. The lowest BCUT2D eigenvalue weighted by atomic mass is 10.1. The molecule has 0 radical (unpaired) electrons. The molecule has 2 rings (SSSR count). The van der Waals surface area contributed by atoms with Crippen LogP contribution in [0.4, 0.5) is 0 Å². The SMILES string of the molecule is COc1ccccc1-c1n[nH]c(C)c1CO. The number of benzene rings is 1. The van der Waals surface area contributed by atoms with Gasteiger partial charge in [0.15, 0.2) is 0 Å². The van der Waals surface area contributed by atoms with Crippen molar-refractivity contribution in [2.24, 2.45) is 0 Å². The minimum Gasteiger partial charge on any atom is -0.496 e. The molecule has 0 saturated carbocycles. The van der Waals surface area contributed by atoms with E-state index in [0.717, 1.165) is 28.3 Å². The lowest BCUT2D eigenvalue weighted by Gasteiger charge is -2.06. The topological polar surface area (TPSA) is 58.1 Å². The summed E-state index contributed by atoms with van der Waals surface area (Å²) in [6.07, 6.45) is 0. The normalized spacial score (nSPS) is 10.4. The van der Waals surface area contributed by atoms with Crippen LogP contribution in [0.2, 0.25) is 0 Å². The van der Waals surface area contributed by atoms with Crippen LogP contribution in [-0.2, 0) is 6.61 Å². The highest BCUT2D eigenvalue weighted by Crippen LogP contribution is 2.31. The van der Waals surface area contributed by atoms with Crippen molar-refractivity contribution in [2.45, 2.75) is 13.5 Å². The average molecular weight is 218 g/mol. The Balaban J connectivity index is 2.58. The molecule has 0 atom stereocenters. The summed E-state index contributed by atoms with van der Waals surface area (Å²) in [4.78, 5) is 0. The summed E-state index contributed by atoms with van der Waals surface area (Å²) in [5.74, 6) is 0.753. The molecule has 0 aliphatic heterocycles. The van der Waals surface area contributed by atoms with Crippen LogP contribution in [0.3, 0.4) is 0 Å². The Bertz CT molecular complexity index is 492. The van der Waals surface area contributed by atoms with Gasteiger partial charge in [-0.1, -0.05) is 12.1 Å². The maximum Gasteiger partial charge on any atom is 0.128 e. The fraction of sp³-hybridized carbons (Fsp3) is 0.250. The van der Waals surface area contributed by atoms with Gasteiger partial charge in [-0.15, -0.1) is 0 Å². The first-order valence-electron chi connectivity index (χ1n) is 5.06. The number of hydrogen-bond donors (Lipinski definition) is 2. The van der Waals surface area contributed by atoms with Crippen molar-refractivity contribution in [3.63, 3.8) is 0 Å². The quantitative estimate of drug-likeness (QED) is 0.827. The van der Waals surface area contributed by atoms with Crippen molar-refractivity contribution in [3.05, 3.63) is 35.5 Å². The summed E-state index contributed by atoms with van der Waals surface area (Å²) >= 11 is 0. The van der Waals surface area contributed by atoms with Crippen LogP contribution in [0.25, 0.3) is 11.3 Å². The number of aromatic amines is 1. The van der Waals surface area contributed by atoms with E-state index in [-0.39, 0.29) is 6.61 Å². The van der Waals surface area contributed by atoms with E-state index in [0.29, 0.717) is 0 Å². The van der Waals surface area contributed by atoms with Gasteiger partial charge in [-0.05, 0) is 19.1 Å². The number of aromatic nitrogens is 2. The number of aryl methyl sites for hydroxylation is 1. The first-order valence-corrected chi connectivity index (χ1v) is 5.06. The number of ether oxygens (including phenoxy) is 1. The number of aliphatic hydroxyl groups excluding tert-OH is 1. The van der Waals surface area contributed by atoms with Gasteiger partial charge in [0, 0.05) is 16.8 Å². The van der Waals surface area contributed by atoms with E-state index in [2.05, 4.69) is 10.2 Å². The van der Waals surface area contributed by atoms with Crippen LogP contribution in [0.1, 0.15) is 11.3 Å². The first kappa shape index (κ1) is 10.7. The predicted molar refractivity (Wildman–Crippen MR) is 61.2 cm³/mol. The maximum atomic E-state index is 9.31. The van der Waals surface area contributed by atoms with Gasteiger partial charge in [-0.2, -0.15) is 5.10 Å². The molecule has 0 saturated heterocycles. The Labute approximate surface area is 93.9 Å². The highest BCUT2D eigenvalue weighted by atomic mass is 16.5. The van der Waals surface area contributed by atoms with Gasteiger partial charge < -0.3 is 9.84 Å². The molecule has 1 aromatic heterocycles. The second kappa shape index (κ2) is 4.37. The van der Waals surface area contributed by atoms with Crippen molar-refractivity contribution in [1.29, 1.82) is 0 Å². The minimum absolute atomic E-state index is 0.0320. The molecule has 0 aliphatic carbocycles. The number of hydrogen-bond acceptors (Lipinski definition) is 3. The van der Waals surface area contributed by atoms with Crippen molar-refractivity contribution in [3.8, 4) is 17.0 Å². The lowest BCUT2D eigenvalue weighted by Crippen LogP contribution is -1.92. The number of H-pyrrole nitrogens is 1. The zero-order valence-corrected chi connectivity index (χ0v) is 9.32. The number of rotatable bonds is 3. The summed E-state index contributed by atoms with van der Waals surface area (Å²) < 4.78 is 5.27. The molecule has 2 aromatic rings. The summed E-state index contributed by atoms with van der Waals surface area (Å²) in [5.41, 5.74) is 3.32. The molecule has 1 aromatic carbocycles. The summed E-state index contributed by atoms with van der Waals surface area (Å²) in [7, 11) is 1.62. The first-order chi connectivity index (χ1) is 7.77. The zero-order chi connectivity index (χ0) is 11.5. The molecule has 16 heavy (non-hydrogen) atoms. The van der Waals surface area contributed by atoms with E-state index < -0.39 is 0 Å². The number of para-hydroxylation sites is 1. The van der Waals surface area contributed by atoms with Crippen molar-refractivity contribution < 1.29 is 9.84 Å². The van der Waals surface area contributed by atoms with Crippen molar-refractivity contribution in [1.82, 2.24) is 10.2 Å². The van der Waals surface area contributed by atoms with E-state index in [4.69, 9.17) is 4.74 Å². The smallest absolute Gasteiger partial charge is 0.128 e. The highest BCUT2D eigenvalue weighted by Gasteiger charge is 2.14. The lowest BCUT2D eigenvalue weighted by molar-refractivity contribution is 0.281. The van der Waals surface area contributed by atoms with Gasteiger partial charge in [-0.25, -0.2) is 0 Å². The second-order valence-corrected chi connectivity index (χ2v) is 3.53. The molecule has 0 amide bonds. The van der Waals surface area contributed by atoms with Gasteiger partial charge >= 0.3 is 0 Å². The van der Waals surface area contributed by atoms with Crippen LogP contribution >= 0.6 is 0 Å². The highest BCUT2D eigenvalue weighted by molar-refractivity contribution is 5.70. The van der Waals surface area contributed by atoms with Crippen LogP contribution in [0.15, 0.2) is 24.3 Å². The molecule has 0 bridgehead atoms. The Morgan fingerprint density at radius 3 is 2.81 bits per heavy atom. The Hall–Kier alpha value is -1.81. The van der Waals surface area contributed by atoms with Crippen molar-refractivity contribution >= 4 is 0 Å². The standard InChI is InChI=1S/C12H14N2O2/c1-8-10(7-15)12(14-13-8)9-5-3-4-6-11(9)16-2/h3-6,15H,7H2,1-2H3,(H,13,14). The molecule has 1 heterocycles. The molecule has 4 heteroatoms. The van der Waals surface area contributed by atoms with Crippen LogP contribution in [0.5, 0.6) is 5.75 Å². The van der Waals surface area contributed by atoms with Crippen LogP contribution in [-0.4, -0.2) is 22.4 Å². The van der Waals surface area contributed by atoms with E-state index in [9.17, 15) is 5.11 Å². The van der Waals surface area contributed by atoms with Gasteiger partial charge in [-0.3, -0.25) is 5.10 Å². The Morgan fingerprint density at radius 2 is 2.12 bits per heavy atom. The fourth-order valence-electron chi connectivity index (χ4n) is 1.71. The van der Waals surface area contributed by atoms with E-state index in [1.54, 1.807) is 7.11 Å². The number of methoxy groups -OCH3 is 1. The van der Waals surface area contributed by atoms with Crippen LogP contribution < -0.4 is 4.74 Å². The third-order valence-corrected chi connectivity index (χ3v) is 2.59. The van der Waals surface area contributed by atoms with E-state index in [1.807, 2.05) is 31.2 Å². The molecular weight excluding hydrogens is 204 g/mol. The van der Waals surface area contributed by atoms with Gasteiger partial charge in [0.05, 0.1) is 13.7 Å². The molecular formula is C12H14N2O2. The fourth-order valence-corrected chi connectivity index (χ4v) is 1.71. The third kappa shape index (κ3) is 1.67. The summed E-state index contributed by atoms with van der Waals surface area (Å²) in [6, 6.07) is 7.62. The summed E-state index contributed by atoms with van der Waals surface area (Å²) in [6.45, 7) is 1.85. The third-order valence-electron chi connectivity index (χ3n) is 2.59. The van der Waals surface area contributed by atoms with Crippen LogP contribution in [0, 0.1) is 6.92 Å². The zero-order valence-electron chi connectivity index (χ0n) is 9.32. The molecule has 84 valence electrons.